The molecule has 2 aromatic heterocycles. The second kappa shape index (κ2) is 11.3. The van der Waals surface area contributed by atoms with Crippen LogP contribution in [-0.4, -0.2) is 20.7 Å². The lowest BCUT2D eigenvalue weighted by molar-refractivity contribution is -0.115. The molecule has 0 radical (unpaired) electrons. The molecule has 1 N–H and O–H groups in total. The molecule has 5 rings (SSSR count). The molecular weight excluding hydrogens is 557 g/mol. The zero-order valence-electron chi connectivity index (χ0n) is 20.6. The lowest BCUT2D eigenvalue weighted by Gasteiger charge is -2.16. The van der Waals surface area contributed by atoms with Crippen LogP contribution in [0.2, 0.25) is 10.0 Å². The molecule has 1 amide bonds. The SMILES string of the molecule is Cc1sc2nc(S[C@H](C)C(=O)Nc3ccc(Cl)cc3)n(Cc3ccccc3)c(=O)c2c1-c1cccc(Cl)c1. The smallest absolute Gasteiger partial charge is 0.263 e. The summed E-state index contributed by atoms with van der Waals surface area (Å²) in [6, 6.07) is 24.2. The molecule has 0 aliphatic heterocycles. The van der Waals surface area contributed by atoms with Crippen LogP contribution in [0.1, 0.15) is 17.4 Å². The van der Waals surface area contributed by atoms with Gasteiger partial charge in [0.2, 0.25) is 5.91 Å². The first-order valence-corrected chi connectivity index (χ1v) is 14.3. The van der Waals surface area contributed by atoms with Gasteiger partial charge in [-0.25, -0.2) is 4.98 Å². The quantitative estimate of drug-likeness (QED) is 0.157. The summed E-state index contributed by atoms with van der Waals surface area (Å²) >= 11 is 15.0. The highest BCUT2D eigenvalue weighted by Gasteiger charge is 2.23. The van der Waals surface area contributed by atoms with E-state index in [1.807, 2.05) is 61.5 Å². The van der Waals surface area contributed by atoms with E-state index < -0.39 is 5.25 Å². The Morgan fingerprint density at radius 1 is 1.03 bits per heavy atom. The number of aryl methyl sites for hydroxylation is 1. The number of aromatic nitrogens is 2. The second-order valence-corrected chi connectivity index (χ2v) is 12.1. The Balaban J connectivity index is 1.57. The van der Waals surface area contributed by atoms with Crippen molar-refractivity contribution in [3.05, 3.63) is 110 Å². The van der Waals surface area contributed by atoms with Crippen molar-refractivity contribution >= 4 is 68.1 Å². The minimum atomic E-state index is -0.509. The van der Waals surface area contributed by atoms with Gasteiger partial charge in [0.1, 0.15) is 4.83 Å². The fraction of sp³-hybridized carbons (Fsp3) is 0.138. The van der Waals surface area contributed by atoms with Crippen molar-refractivity contribution in [2.24, 2.45) is 0 Å². The van der Waals surface area contributed by atoms with E-state index >= 15 is 0 Å². The predicted molar refractivity (Wildman–Crippen MR) is 160 cm³/mol. The molecular formula is C29H23Cl2N3O2S2. The number of hydrogen-bond acceptors (Lipinski definition) is 5. The average molecular weight is 581 g/mol. The van der Waals surface area contributed by atoms with Crippen LogP contribution in [0.3, 0.4) is 0 Å². The molecule has 0 unspecified atom stereocenters. The van der Waals surface area contributed by atoms with Crippen molar-refractivity contribution in [1.29, 1.82) is 0 Å². The van der Waals surface area contributed by atoms with Crippen LogP contribution in [0.15, 0.2) is 88.8 Å². The predicted octanol–water partition coefficient (Wildman–Crippen LogP) is 7.91. The molecule has 9 heteroatoms. The van der Waals surface area contributed by atoms with Crippen LogP contribution in [0.4, 0.5) is 5.69 Å². The van der Waals surface area contributed by atoms with E-state index in [-0.39, 0.29) is 11.5 Å². The molecule has 0 saturated heterocycles. The Kier molecular flexibility index (Phi) is 7.91. The normalized spacial score (nSPS) is 12.0. The molecule has 5 nitrogen and oxygen atoms in total. The van der Waals surface area contributed by atoms with Crippen molar-refractivity contribution in [3.8, 4) is 11.1 Å². The Labute approximate surface area is 238 Å². The molecule has 3 aromatic carbocycles. The third-order valence-electron chi connectivity index (χ3n) is 6.01. The van der Waals surface area contributed by atoms with E-state index in [9.17, 15) is 9.59 Å². The van der Waals surface area contributed by atoms with Gasteiger partial charge in [0.05, 0.1) is 17.2 Å². The van der Waals surface area contributed by atoms with E-state index in [4.69, 9.17) is 28.2 Å². The summed E-state index contributed by atoms with van der Waals surface area (Å²) in [6.45, 7) is 4.12. The van der Waals surface area contributed by atoms with E-state index in [2.05, 4.69) is 5.32 Å². The molecule has 0 fully saturated rings. The largest absolute Gasteiger partial charge is 0.325 e. The summed E-state index contributed by atoms with van der Waals surface area (Å²) in [5.41, 5.74) is 3.19. The maximum Gasteiger partial charge on any atom is 0.263 e. The number of amides is 1. The number of carbonyl (C=O) groups is 1. The number of rotatable bonds is 7. The number of hydrogen-bond donors (Lipinski definition) is 1. The summed E-state index contributed by atoms with van der Waals surface area (Å²) in [6.07, 6.45) is 0. The summed E-state index contributed by atoms with van der Waals surface area (Å²) in [5.74, 6) is -0.195. The third kappa shape index (κ3) is 5.66. The van der Waals surface area contributed by atoms with Gasteiger partial charge >= 0.3 is 0 Å². The van der Waals surface area contributed by atoms with Crippen LogP contribution in [0.25, 0.3) is 21.3 Å². The van der Waals surface area contributed by atoms with Crippen LogP contribution in [0, 0.1) is 6.92 Å². The van der Waals surface area contributed by atoms with Gasteiger partial charge in [-0.15, -0.1) is 11.3 Å². The Morgan fingerprint density at radius 3 is 2.47 bits per heavy atom. The standard InChI is InChI=1S/C29H23Cl2N3O2S2/c1-17-24(20-9-6-10-22(31)15-20)25-27(37-17)33-29(34(28(25)36)16-19-7-4-3-5-8-19)38-18(2)26(35)32-23-13-11-21(30)12-14-23/h3-15,18H,16H2,1-2H3,(H,32,35)/t18-/m1/s1. The molecule has 0 aliphatic rings. The molecule has 0 saturated carbocycles. The molecule has 1 atom stereocenters. The zero-order chi connectivity index (χ0) is 26.8. The fourth-order valence-corrected chi connectivity index (χ4v) is 6.46. The van der Waals surface area contributed by atoms with Gasteiger partial charge in [-0.3, -0.25) is 14.2 Å². The number of halogens is 2. The van der Waals surface area contributed by atoms with Gasteiger partial charge in [0, 0.05) is 26.2 Å². The number of thioether (sulfide) groups is 1. The molecule has 0 bridgehead atoms. The summed E-state index contributed by atoms with van der Waals surface area (Å²) in [5, 5.41) is 4.65. The summed E-state index contributed by atoms with van der Waals surface area (Å²) in [7, 11) is 0. The van der Waals surface area contributed by atoms with Crippen molar-refractivity contribution in [2.45, 2.75) is 30.8 Å². The van der Waals surface area contributed by atoms with Crippen LogP contribution in [0.5, 0.6) is 0 Å². The zero-order valence-corrected chi connectivity index (χ0v) is 23.7. The first-order chi connectivity index (χ1) is 18.3. The van der Waals surface area contributed by atoms with Crippen LogP contribution < -0.4 is 10.9 Å². The number of nitrogens with zero attached hydrogens (tertiary/aromatic N) is 2. The minimum absolute atomic E-state index is 0.147. The van der Waals surface area contributed by atoms with Crippen LogP contribution >= 0.6 is 46.3 Å². The number of nitrogens with one attached hydrogen (secondary N) is 1. The number of benzene rings is 3. The van der Waals surface area contributed by atoms with E-state index in [0.717, 1.165) is 21.6 Å². The summed E-state index contributed by atoms with van der Waals surface area (Å²) < 4.78 is 1.66. The van der Waals surface area contributed by atoms with E-state index in [1.54, 1.807) is 35.8 Å². The van der Waals surface area contributed by atoms with Gasteiger partial charge in [0.15, 0.2) is 5.16 Å². The first kappa shape index (κ1) is 26.5. The highest BCUT2D eigenvalue weighted by Crippen LogP contribution is 2.38. The molecule has 0 spiro atoms. The molecule has 0 aliphatic carbocycles. The minimum Gasteiger partial charge on any atom is -0.325 e. The van der Waals surface area contributed by atoms with Gasteiger partial charge in [0.25, 0.3) is 5.56 Å². The maximum atomic E-state index is 14.1. The molecule has 2 heterocycles. The Morgan fingerprint density at radius 2 is 1.76 bits per heavy atom. The number of anilines is 1. The van der Waals surface area contributed by atoms with Gasteiger partial charge in [-0.1, -0.05) is 77.4 Å². The fourth-order valence-electron chi connectivity index (χ4n) is 4.15. The van der Waals surface area contributed by atoms with Crippen molar-refractivity contribution < 1.29 is 4.79 Å². The lowest BCUT2D eigenvalue weighted by atomic mass is 10.0. The molecule has 192 valence electrons. The molecule has 5 aromatic rings. The first-order valence-electron chi connectivity index (χ1n) is 11.9. The Bertz CT molecular complexity index is 1680. The van der Waals surface area contributed by atoms with Crippen molar-refractivity contribution in [3.63, 3.8) is 0 Å². The number of carbonyl (C=O) groups excluding carboxylic acids is 1. The van der Waals surface area contributed by atoms with E-state index in [1.165, 1.54) is 23.1 Å². The highest BCUT2D eigenvalue weighted by atomic mass is 35.5. The Hall–Kier alpha value is -3.10. The van der Waals surface area contributed by atoms with Crippen LogP contribution in [-0.2, 0) is 11.3 Å². The summed E-state index contributed by atoms with van der Waals surface area (Å²) in [4.78, 5) is 33.6. The van der Waals surface area contributed by atoms with Gasteiger partial charge < -0.3 is 5.32 Å². The number of fused-ring (bicyclic) bond motifs is 1. The van der Waals surface area contributed by atoms with Gasteiger partial charge in [-0.05, 0) is 61.4 Å². The van der Waals surface area contributed by atoms with Crippen molar-refractivity contribution in [2.75, 3.05) is 5.32 Å². The second-order valence-electron chi connectivity index (χ2n) is 8.75. The third-order valence-corrected chi connectivity index (χ3v) is 8.59. The average Bonchev–Trinajstić information content (AvgIpc) is 3.24. The lowest BCUT2D eigenvalue weighted by Crippen LogP contribution is -2.27. The van der Waals surface area contributed by atoms with Crippen molar-refractivity contribution in [1.82, 2.24) is 9.55 Å². The molecule has 38 heavy (non-hydrogen) atoms. The number of thiophene rings is 1. The van der Waals surface area contributed by atoms with E-state index in [0.29, 0.717) is 37.7 Å². The highest BCUT2D eigenvalue weighted by molar-refractivity contribution is 8.00. The topological polar surface area (TPSA) is 64.0 Å². The maximum absolute atomic E-state index is 14.1. The van der Waals surface area contributed by atoms with Gasteiger partial charge in [-0.2, -0.15) is 0 Å². The monoisotopic (exact) mass is 579 g/mol.